The summed E-state index contributed by atoms with van der Waals surface area (Å²) in [6.07, 6.45) is 0. The van der Waals surface area contributed by atoms with Crippen molar-refractivity contribution < 1.29 is 29.3 Å². The summed E-state index contributed by atoms with van der Waals surface area (Å²) in [4.78, 5) is 0. The van der Waals surface area contributed by atoms with Gasteiger partial charge in [-0.25, -0.2) is 0 Å². The van der Waals surface area contributed by atoms with Crippen LogP contribution in [0.5, 0.6) is 0 Å². The van der Waals surface area contributed by atoms with Crippen LogP contribution in [0.1, 0.15) is 0 Å². The molecule has 0 aromatic heterocycles. The van der Waals surface area contributed by atoms with E-state index in [2.05, 4.69) is 0 Å². The third-order valence-corrected chi connectivity index (χ3v) is 0. The molecule has 4 radical (unpaired) electrons. The minimum absolute atomic E-state index is 0. The fourth-order valence-corrected chi connectivity index (χ4v) is 0. The number of halogens is 1. The smallest absolute Gasteiger partial charge is 0.351 e. The molecule has 5 heavy (non-hydrogen) atoms. The minimum atomic E-state index is 0. The van der Waals surface area contributed by atoms with Gasteiger partial charge in [-0.2, -0.15) is 0 Å². The van der Waals surface area contributed by atoms with Gasteiger partial charge < -0.3 is 5.32 Å². The summed E-state index contributed by atoms with van der Waals surface area (Å²) in [7, 11) is 4.00. The number of rotatable bonds is 0. The van der Waals surface area contributed by atoms with E-state index in [1.54, 1.807) is 0 Å². The first-order valence-corrected chi connectivity index (χ1v) is 1.15. The molecule has 0 amide bonds. The van der Waals surface area contributed by atoms with Crippen molar-refractivity contribution in [3.63, 3.8) is 0 Å². The monoisotopic (exact) mass is 381 g/mol. The third-order valence-electron chi connectivity index (χ3n) is 0. The summed E-state index contributed by atoms with van der Waals surface area (Å²) >= 11 is 0. The first-order valence-electron chi connectivity index (χ1n) is 1.15. The maximum Gasteiger partial charge on any atom is 2.00 e. The SMILES string of the molecule is C[NH2+]C.[I+].[Pb+2]. The topological polar surface area (TPSA) is 16.6 Å². The second kappa shape index (κ2) is 17.5. The van der Waals surface area contributed by atoms with E-state index in [1.807, 2.05) is 19.4 Å². The van der Waals surface area contributed by atoms with Crippen LogP contribution in [0.25, 0.3) is 0 Å². The van der Waals surface area contributed by atoms with Crippen LogP contribution in [-0.4, -0.2) is 41.4 Å². The summed E-state index contributed by atoms with van der Waals surface area (Å²) in [6, 6.07) is 0. The molecule has 0 unspecified atom stereocenters. The predicted molar refractivity (Wildman–Crippen MR) is 19.5 cm³/mol. The summed E-state index contributed by atoms with van der Waals surface area (Å²) < 4.78 is 0. The number of nitrogens with two attached hydrogens (primary N) is 1. The first-order chi connectivity index (χ1) is 1.41. The van der Waals surface area contributed by atoms with Gasteiger partial charge in [0.25, 0.3) is 0 Å². The van der Waals surface area contributed by atoms with Gasteiger partial charge in [0, 0.05) is 0 Å². The molecule has 0 spiro atoms. The Labute approximate surface area is 70.1 Å². The zero-order valence-electron chi connectivity index (χ0n) is 3.46. The van der Waals surface area contributed by atoms with Crippen molar-refractivity contribution in [1.29, 1.82) is 0 Å². The van der Waals surface area contributed by atoms with Crippen molar-refractivity contribution in [2.45, 2.75) is 0 Å². The maximum atomic E-state index is 2.00. The summed E-state index contributed by atoms with van der Waals surface area (Å²) in [5, 5.41) is 2.00. The van der Waals surface area contributed by atoms with Gasteiger partial charge in [-0.15, -0.1) is 0 Å². The largest absolute Gasteiger partial charge is 2.00 e. The van der Waals surface area contributed by atoms with Crippen LogP contribution in [0.3, 0.4) is 0 Å². The molecule has 2 N–H and O–H groups in total. The molecule has 0 heterocycles. The van der Waals surface area contributed by atoms with Gasteiger partial charge in [-0.05, 0) is 0 Å². The molecule has 0 bridgehead atoms. The van der Waals surface area contributed by atoms with Crippen LogP contribution in [0.2, 0.25) is 0 Å². The van der Waals surface area contributed by atoms with Gasteiger partial charge in [-0.1, -0.05) is 0 Å². The molecule has 0 aromatic carbocycles. The van der Waals surface area contributed by atoms with E-state index in [0.717, 1.165) is 0 Å². The molecule has 1 nitrogen and oxygen atoms in total. The Morgan fingerprint density at radius 2 is 1.20 bits per heavy atom. The van der Waals surface area contributed by atoms with Crippen molar-refractivity contribution in [1.82, 2.24) is 0 Å². The van der Waals surface area contributed by atoms with Crippen molar-refractivity contribution in [2.24, 2.45) is 0 Å². The fourth-order valence-electron chi connectivity index (χ4n) is 0. The first kappa shape index (κ1) is 16.0. The van der Waals surface area contributed by atoms with Gasteiger partial charge in [-0.3, -0.25) is 0 Å². The number of hydrogen-bond donors (Lipinski definition) is 1. The van der Waals surface area contributed by atoms with Crippen LogP contribution < -0.4 is 29.3 Å². The predicted octanol–water partition coefficient (Wildman–Crippen LogP) is -4.57. The van der Waals surface area contributed by atoms with E-state index < -0.39 is 0 Å². The Bertz CT molecular complexity index is 9.61. The fraction of sp³-hybridized carbons (Fsp3) is 1.00. The molecule has 0 fully saturated rings. The normalized spacial score (nSPS) is 3.60. The van der Waals surface area contributed by atoms with E-state index in [4.69, 9.17) is 0 Å². The van der Waals surface area contributed by atoms with Crippen molar-refractivity contribution in [3.8, 4) is 0 Å². The summed E-state index contributed by atoms with van der Waals surface area (Å²) in [6.45, 7) is 0. The molecular weight excluding hydrogens is 372 g/mol. The zero-order chi connectivity index (χ0) is 2.71. The van der Waals surface area contributed by atoms with Crippen LogP contribution >= 0.6 is 0 Å². The molecule has 0 saturated carbocycles. The van der Waals surface area contributed by atoms with Crippen molar-refractivity contribution in [2.75, 3.05) is 14.1 Å². The number of hydrogen-bond acceptors (Lipinski definition) is 0. The average Bonchev–Trinajstić information content (AvgIpc) is 0.918. The van der Waals surface area contributed by atoms with Crippen LogP contribution in [0.15, 0.2) is 0 Å². The number of quaternary nitrogens is 1. The molecule has 0 atom stereocenters. The molecule has 28 valence electrons. The van der Waals surface area contributed by atoms with E-state index in [9.17, 15) is 0 Å². The van der Waals surface area contributed by atoms with Gasteiger partial charge >= 0.3 is 51.3 Å². The van der Waals surface area contributed by atoms with E-state index >= 15 is 0 Å². The van der Waals surface area contributed by atoms with Gasteiger partial charge in [0.1, 0.15) is 0 Å². The van der Waals surface area contributed by atoms with Gasteiger partial charge in [0.05, 0.1) is 14.1 Å². The van der Waals surface area contributed by atoms with Crippen LogP contribution in [0, 0.1) is 0 Å². The van der Waals surface area contributed by atoms with Crippen molar-refractivity contribution in [3.05, 3.63) is 0 Å². The van der Waals surface area contributed by atoms with Crippen molar-refractivity contribution >= 4 is 27.3 Å². The van der Waals surface area contributed by atoms with Crippen LogP contribution in [-0.2, 0) is 0 Å². The molecule has 0 aliphatic rings. The molecule has 0 aromatic rings. The van der Waals surface area contributed by atoms with Gasteiger partial charge in [0.2, 0.25) is 0 Å². The van der Waals surface area contributed by atoms with E-state index in [1.165, 1.54) is 0 Å². The second-order valence-corrected chi connectivity index (χ2v) is 0.577. The third kappa shape index (κ3) is 28.2. The Hall–Kier alpha value is 1.61. The average molecular weight is 380 g/mol. The standard InChI is InChI=1S/C2H7N.I.Pb/c1-3-2;;/h3H,1-2H3;;/q;+1;+2/p+1. The summed E-state index contributed by atoms with van der Waals surface area (Å²) in [5.74, 6) is 0. The zero-order valence-corrected chi connectivity index (χ0v) is 9.50. The maximum absolute atomic E-state index is 2.00. The molecule has 0 rings (SSSR count). The Morgan fingerprint density at radius 1 is 1.20 bits per heavy atom. The molecule has 0 saturated heterocycles. The molecule has 0 aliphatic carbocycles. The second-order valence-electron chi connectivity index (χ2n) is 0.577. The minimum Gasteiger partial charge on any atom is -0.351 e. The van der Waals surface area contributed by atoms with Crippen LogP contribution in [0.4, 0.5) is 0 Å². The molecule has 3 heteroatoms. The van der Waals surface area contributed by atoms with Gasteiger partial charge in [0.15, 0.2) is 0 Å². The molecule has 0 aliphatic heterocycles. The van der Waals surface area contributed by atoms with E-state index in [-0.39, 0.29) is 51.3 Å². The Morgan fingerprint density at radius 3 is 1.20 bits per heavy atom. The Kier molecular flexibility index (Phi) is 55.9. The Balaban J connectivity index is -0.0000000200. The summed E-state index contributed by atoms with van der Waals surface area (Å²) in [5.41, 5.74) is 0. The van der Waals surface area contributed by atoms with E-state index in [0.29, 0.717) is 0 Å². The quantitative estimate of drug-likeness (QED) is 0.322. The molecular formula is C2H8INPb+4.